The summed E-state index contributed by atoms with van der Waals surface area (Å²) in [6, 6.07) is 7.90. The fourth-order valence-electron chi connectivity index (χ4n) is 1.52. The van der Waals surface area contributed by atoms with Gasteiger partial charge in [-0.2, -0.15) is 0 Å². The molecule has 0 spiro atoms. The van der Waals surface area contributed by atoms with Crippen molar-refractivity contribution in [2.75, 3.05) is 6.54 Å². The number of aliphatic hydroxyl groups is 1. The van der Waals surface area contributed by atoms with Crippen molar-refractivity contribution in [1.29, 1.82) is 0 Å². The Bertz CT molecular complexity index is 480. The van der Waals surface area contributed by atoms with E-state index in [0.717, 1.165) is 11.4 Å². The quantitative estimate of drug-likeness (QED) is 0.881. The molecule has 0 aliphatic heterocycles. The first-order valence-electron chi connectivity index (χ1n) is 5.34. The van der Waals surface area contributed by atoms with Crippen LogP contribution in [0, 0.1) is 6.92 Å². The predicted molar refractivity (Wildman–Crippen MR) is 75.1 cm³/mol. The second-order valence-electron chi connectivity index (χ2n) is 3.80. The first-order chi connectivity index (χ1) is 8.15. The summed E-state index contributed by atoms with van der Waals surface area (Å²) in [7, 11) is 0. The van der Waals surface area contributed by atoms with Gasteiger partial charge in [0.1, 0.15) is 6.10 Å². The Hall–Kier alpha value is -0.390. The zero-order valence-electron chi connectivity index (χ0n) is 9.44. The van der Waals surface area contributed by atoms with Crippen molar-refractivity contribution in [3.63, 3.8) is 0 Å². The highest BCUT2D eigenvalue weighted by Crippen LogP contribution is 2.26. The Morgan fingerprint density at radius 1 is 1.29 bits per heavy atom. The Kier molecular flexibility index (Phi) is 4.59. The third-order valence-corrected chi connectivity index (χ3v) is 4.69. The number of halogens is 1. The molecule has 17 heavy (non-hydrogen) atoms. The van der Waals surface area contributed by atoms with Crippen molar-refractivity contribution in [3.05, 3.63) is 43.2 Å². The van der Waals surface area contributed by atoms with Crippen molar-refractivity contribution in [2.24, 2.45) is 0 Å². The summed E-state index contributed by atoms with van der Waals surface area (Å²) < 4.78 is 0.716. The van der Waals surface area contributed by atoms with E-state index in [4.69, 9.17) is 11.6 Å². The van der Waals surface area contributed by atoms with Gasteiger partial charge in [-0.3, -0.25) is 0 Å². The average Bonchev–Trinajstić information content (AvgIpc) is 2.88. The van der Waals surface area contributed by atoms with E-state index in [-0.39, 0.29) is 0 Å². The molecule has 5 heteroatoms. The number of nitrogens with one attached hydrogen (secondary N) is 1. The number of aryl methyl sites for hydroxylation is 1. The summed E-state index contributed by atoms with van der Waals surface area (Å²) in [6.07, 6.45) is -0.478. The zero-order valence-corrected chi connectivity index (χ0v) is 11.8. The molecule has 2 rings (SSSR count). The maximum absolute atomic E-state index is 9.91. The molecular formula is C12H14ClNOS2. The summed E-state index contributed by atoms with van der Waals surface area (Å²) in [5.41, 5.74) is 0. The fraction of sp³-hybridized carbons (Fsp3) is 0.333. The molecular weight excluding hydrogens is 274 g/mol. The van der Waals surface area contributed by atoms with Crippen molar-refractivity contribution in [2.45, 2.75) is 19.6 Å². The molecule has 0 radical (unpaired) electrons. The summed E-state index contributed by atoms with van der Waals surface area (Å²) in [4.78, 5) is 3.51. The molecule has 0 aromatic carbocycles. The molecule has 0 bridgehead atoms. The van der Waals surface area contributed by atoms with Crippen molar-refractivity contribution in [3.8, 4) is 0 Å². The molecule has 2 aromatic heterocycles. The van der Waals surface area contributed by atoms with E-state index in [1.165, 1.54) is 21.1 Å². The van der Waals surface area contributed by atoms with Crippen molar-refractivity contribution in [1.82, 2.24) is 5.32 Å². The van der Waals surface area contributed by atoms with Gasteiger partial charge in [-0.1, -0.05) is 11.6 Å². The lowest BCUT2D eigenvalue weighted by Gasteiger charge is -2.09. The third kappa shape index (κ3) is 3.79. The fourth-order valence-corrected chi connectivity index (χ4v) is 3.43. The van der Waals surface area contributed by atoms with Gasteiger partial charge in [0.25, 0.3) is 0 Å². The van der Waals surface area contributed by atoms with E-state index < -0.39 is 6.10 Å². The highest BCUT2D eigenvalue weighted by molar-refractivity contribution is 7.16. The van der Waals surface area contributed by atoms with Gasteiger partial charge >= 0.3 is 0 Å². The maximum Gasteiger partial charge on any atom is 0.101 e. The van der Waals surface area contributed by atoms with Crippen LogP contribution in [0.25, 0.3) is 0 Å². The molecule has 1 atom stereocenters. The number of thiophene rings is 2. The number of aliphatic hydroxyl groups excluding tert-OH is 1. The van der Waals surface area contributed by atoms with Gasteiger partial charge in [-0.15, -0.1) is 22.7 Å². The average molecular weight is 288 g/mol. The van der Waals surface area contributed by atoms with Crippen LogP contribution in [0.3, 0.4) is 0 Å². The molecule has 2 N–H and O–H groups in total. The Morgan fingerprint density at radius 2 is 2.12 bits per heavy atom. The topological polar surface area (TPSA) is 32.3 Å². The summed E-state index contributed by atoms with van der Waals surface area (Å²) >= 11 is 9.03. The second-order valence-corrected chi connectivity index (χ2v) is 6.92. The monoisotopic (exact) mass is 287 g/mol. The molecule has 0 aliphatic rings. The van der Waals surface area contributed by atoms with E-state index >= 15 is 0 Å². The summed E-state index contributed by atoms with van der Waals surface area (Å²) in [6.45, 7) is 3.44. The molecule has 2 aromatic rings. The van der Waals surface area contributed by atoms with Gasteiger partial charge in [-0.25, -0.2) is 0 Å². The normalized spacial score (nSPS) is 12.9. The maximum atomic E-state index is 9.91. The third-order valence-electron chi connectivity index (χ3n) is 2.36. The molecule has 1 unspecified atom stereocenters. The Labute approximate surface area is 114 Å². The smallest absolute Gasteiger partial charge is 0.101 e. The second kappa shape index (κ2) is 5.98. The van der Waals surface area contributed by atoms with E-state index in [2.05, 4.69) is 24.4 Å². The highest BCUT2D eigenvalue weighted by Gasteiger charge is 2.09. The van der Waals surface area contributed by atoms with Crippen LogP contribution in [-0.2, 0) is 6.54 Å². The lowest BCUT2D eigenvalue weighted by Crippen LogP contribution is -2.19. The number of hydrogen-bond acceptors (Lipinski definition) is 4. The van der Waals surface area contributed by atoms with Crippen LogP contribution in [0.15, 0.2) is 24.3 Å². The largest absolute Gasteiger partial charge is 0.386 e. The van der Waals surface area contributed by atoms with Gasteiger partial charge < -0.3 is 10.4 Å². The molecule has 92 valence electrons. The van der Waals surface area contributed by atoms with Crippen molar-refractivity contribution >= 4 is 34.3 Å². The van der Waals surface area contributed by atoms with Gasteiger partial charge in [-0.05, 0) is 31.2 Å². The standard InChI is InChI=1S/C12H14ClNOS2/c1-8-2-3-9(16-8)6-14-7-10(15)11-4-5-12(13)17-11/h2-5,10,14-15H,6-7H2,1H3. The number of rotatable bonds is 5. The minimum absolute atomic E-state index is 0.478. The predicted octanol–water partition coefficient (Wildman–Crippen LogP) is 3.59. The Balaban J connectivity index is 1.78. The SMILES string of the molecule is Cc1ccc(CNCC(O)c2ccc(Cl)s2)s1. The van der Waals surface area contributed by atoms with Gasteiger partial charge in [0.05, 0.1) is 4.34 Å². The first-order valence-corrected chi connectivity index (χ1v) is 7.35. The summed E-state index contributed by atoms with van der Waals surface area (Å²) in [5, 5.41) is 13.2. The highest BCUT2D eigenvalue weighted by atomic mass is 35.5. The van der Waals surface area contributed by atoms with Crippen molar-refractivity contribution < 1.29 is 5.11 Å². The van der Waals surface area contributed by atoms with E-state index in [9.17, 15) is 5.11 Å². The van der Waals surface area contributed by atoms with E-state index in [0.29, 0.717) is 10.9 Å². The lowest BCUT2D eigenvalue weighted by molar-refractivity contribution is 0.178. The van der Waals surface area contributed by atoms with Crippen LogP contribution >= 0.6 is 34.3 Å². The molecule has 0 amide bonds. The van der Waals surface area contributed by atoms with E-state index in [1.807, 2.05) is 12.1 Å². The lowest BCUT2D eigenvalue weighted by atomic mass is 10.3. The van der Waals surface area contributed by atoms with Crippen LogP contribution in [0.4, 0.5) is 0 Å². The van der Waals surface area contributed by atoms with Crippen LogP contribution in [0.2, 0.25) is 4.34 Å². The van der Waals surface area contributed by atoms with E-state index in [1.54, 1.807) is 11.3 Å². The first kappa shape index (κ1) is 13.1. The molecule has 2 heterocycles. The van der Waals surface area contributed by atoms with Gasteiger partial charge in [0, 0.05) is 27.7 Å². The molecule has 2 nitrogen and oxygen atoms in total. The van der Waals surface area contributed by atoms with Crippen LogP contribution in [0.1, 0.15) is 20.7 Å². The van der Waals surface area contributed by atoms with Crippen LogP contribution in [0.5, 0.6) is 0 Å². The minimum Gasteiger partial charge on any atom is -0.386 e. The summed E-state index contributed by atoms with van der Waals surface area (Å²) in [5.74, 6) is 0. The molecule has 0 aliphatic carbocycles. The molecule has 0 saturated carbocycles. The van der Waals surface area contributed by atoms with Crippen LogP contribution < -0.4 is 5.32 Å². The minimum atomic E-state index is -0.478. The van der Waals surface area contributed by atoms with Gasteiger partial charge in [0.2, 0.25) is 0 Å². The molecule has 0 saturated heterocycles. The molecule has 0 fully saturated rings. The van der Waals surface area contributed by atoms with Gasteiger partial charge in [0.15, 0.2) is 0 Å². The van der Waals surface area contributed by atoms with Crippen LogP contribution in [-0.4, -0.2) is 11.7 Å². The zero-order chi connectivity index (χ0) is 12.3. The number of hydrogen-bond donors (Lipinski definition) is 2. The Morgan fingerprint density at radius 3 is 2.71 bits per heavy atom.